The predicted octanol–water partition coefficient (Wildman–Crippen LogP) is 2.59. The minimum atomic E-state index is -0.0696. The lowest BCUT2D eigenvalue weighted by Gasteiger charge is -2.19. The summed E-state index contributed by atoms with van der Waals surface area (Å²) < 4.78 is 5.15. The van der Waals surface area contributed by atoms with E-state index in [0.717, 1.165) is 28.3 Å². The maximum atomic E-state index is 11.4. The fourth-order valence-electron chi connectivity index (χ4n) is 2.95. The third-order valence-corrected chi connectivity index (χ3v) is 4.48. The molecule has 0 bridgehead atoms. The number of nitriles is 1. The number of hydrogen-bond donors (Lipinski definition) is 3. The van der Waals surface area contributed by atoms with Crippen LogP contribution >= 0.6 is 0 Å². The van der Waals surface area contributed by atoms with Crippen LogP contribution in [0.3, 0.4) is 0 Å². The zero-order valence-corrected chi connectivity index (χ0v) is 16.3. The van der Waals surface area contributed by atoms with Crippen LogP contribution in [-0.2, 0) is 11.3 Å². The van der Waals surface area contributed by atoms with Gasteiger partial charge in [-0.15, -0.1) is 4.99 Å². The second kappa shape index (κ2) is 9.37. The maximum absolute atomic E-state index is 11.4. The first-order valence-corrected chi connectivity index (χ1v) is 9.16. The summed E-state index contributed by atoms with van der Waals surface area (Å²) in [6, 6.07) is 15.2. The minimum absolute atomic E-state index is 0.0597. The summed E-state index contributed by atoms with van der Waals surface area (Å²) >= 11 is 0. The Morgan fingerprint density at radius 3 is 2.62 bits per heavy atom. The Labute approximate surface area is 169 Å². The van der Waals surface area contributed by atoms with Crippen molar-refractivity contribution in [2.45, 2.75) is 19.9 Å². The number of nitrogens with one attached hydrogen (secondary N) is 3. The van der Waals surface area contributed by atoms with Crippen LogP contribution in [0.25, 0.3) is 0 Å². The Morgan fingerprint density at radius 2 is 2.00 bits per heavy atom. The first-order chi connectivity index (χ1) is 14.1. The Morgan fingerprint density at radius 1 is 1.28 bits per heavy atom. The van der Waals surface area contributed by atoms with Gasteiger partial charge in [0.05, 0.1) is 12.8 Å². The van der Waals surface area contributed by atoms with E-state index in [1.807, 2.05) is 55.5 Å². The molecule has 3 rings (SSSR count). The molecule has 0 spiro atoms. The molecule has 1 aliphatic rings. The molecule has 29 heavy (non-hydrogen) atoms. The number of hydrogen-bond acceptors (Lipinski definition) is 5. The van der Waals surface area contributed by atoms with Crippen LogP contribution in [0.1, 0.15) is 24.5 Å². The predicted molar refractivity (Wildman–Crippen MR) is 111 cm³/mol. The van der Waals surface area contributed by atoms with Gasteiger partial charge in [-0.2, -0.15) is 10.4 Å². The van der Waals surface area contributed by atoms with E-state index in [1.54, 1.807) is 13.3 Å². The summed E-state index contributed by atoms with van der Waals surface area (Å²) in [5.74, 6) is 1.13. The van der Waals surface area contributed by atoms with E-state index >= 15 is 0 Å². The van der Waals surface area contributed by atoms with E-state index in [-0.39, 0.29) is 11.8 Å². The van der Waals surface area contributed by atoms with E-state index in [1.165, 1.54) is 0 Å². The molecule has 0 aromatic heterocycles. The van der Waals surface area contributed by atoms with Gasteiger partial charge >= 0.3 is 0 Å². The van der Waals surface area contributed by atoms with Crippen molar-refractivity contribution in [3.05, 3.63) is 59.7 Å². The number of hydrazone groups is 1. The number of nitrogens with zero attached hydrogens (tertiary/aromatic N) is 3. The number of amides is 1. The molecule has 2 aromatic rings. The number of anilines is 1. The van der Waals surface area contributed by atoms with Crippen molar-refractivity contribution < 1.29 is 9.53 Å². The summed E-state index contributed by atoms with van der Waals surface area (Å²) in [6.07, 6.45) is 2.22. The van der Waals surface area contributed by atoms with E-state index in [0.29, 0.717) is 18.9 Å². The Hall–Kier alpha value is -3.86. The minimum Gasteiger partial charge on any atom is -0.497 e. The Balaban J connectivity index is 1.64. The van der Waals surface area contributed by atoms with Gasteiger partial charge in [-0.25, -0.2) is 5.43 Å². The highest BCUT2D eigenvalue weighted by Crippen LogP contribution is 2.18. The number of ether oxygens (including phenoxy) is 1. The van der Waals surface area contributed by atoms with Crippen molar-refractivity contribution in [1.82, 2.24) is 10.7 Å². The van der Waals surface area contributed by atoms with Gasteiger partial charge in [-0.3, -0.25) is 4.79 Å². The number of carbonyl (C=O) groups is 1. The molecular formula is C21H22N6O2. The molecule has 1 aliphatic heterocycles. The molecule has 8 nitrogen and oxygen atoms in total. The third-order valence-electron chi connectivity index (χ3n) is 4.48. The lowest BCUT2D eigenvalue weighted by atomic mass is 9.94. The molecule has 0 saturated heterocycles. The SMILES string of the molecule is COc1ccc(CNC(=NC#N)Nc2ccc(C3=NNC(=O)CC3C)cc2)cc1. The molecule has 1 heterocycles. The van der Waals surface area contributed by atoms with Gasteiger partial charge in [0.15, 0.2) is 0 Å². The fraction of sp³-hybridized carbons (Fsp3) is 0.238. The molecule has 1 atom stereocenters. The molecule has 1 unspecified atom stereocenters. The van der Waals surface area contributed by atoms with Crippen LogP contribution in [0.2, 0.25) is 0 Å². The van der Waals surface area contributed by atoms with Gasteiger partial charge in [-0.1, -0.05) is 31.2 Å². The van der Waals surface area contributed by atoms with Crippen molar-refractivity contribution in [3.8, 4) is 11.9 Å². The van der Waals surface area contributed by atoms with Crippen molar-refractivity contribution in [2.75, 3.05) is 12.4 Å². The molecule has 0 aliphatic carbocycles. The van der Waals surface area contributed by atoms with E-state index < -0.39 is 0 Å². The summed E-state index contributed by atoms with van der Waals surface area (Å²) in [5.41, 5.74) is 6.11. The van der Waals surface area contributed by atoms with E-state index in [2.05, 4.69) is 26.2 Å². The third kappa shape index (κ3) is 5.32. The molecule has 2 aromatic carbocycles. The highest BCUT2D eigenvalue weighted by atomic mass is 16.5. The highest BCUT2D eigenvalue weighted by molar-refractivity contribution is 6.06. The largest absolute Gasteiger partial charge is 0.497 e. The van der Waals surface area contributed by atoms with Gasteiger partial charge in [0, 0.05) is 24.6 Å². The average Bonchev–Trinajstić information content (AvgIpc) is 2.73. The molecule has 8 heteroatoms. The summed E-state index contributed by atoms with van der Waals surface area (Å²) in [6.45, 7) is 2.48. The smallest absolute Gasteiger partial charge is 0.240 e. The van der Waals surface area contributed by atoms with Gasteiger partial charge in [-0.05, 0) is 35.4 Å². The van der Waals surface area contributed by atoms with E-state index in [4.69, 9.17) is 10.00 Å². The van der Waals surface area contributed by atoms with Gasteiger partial charge < -0.3 is 15.4 Å². The molecule has 0 saturated carbocycles. The molecule has 3 N–H and O–H groups in total. The average molecular weight is 390 g/mol. The first-order valence-electron chi connectivity index (χ1n) is 9.16. The lowest BCUT2D eigenvalue weighted by molar-refractivity contribution is -0.121. The lowest BCUT2D eigenvalue weighted by Crippen LogP contribution is -2.32. The normalized spacial score (nSPS) is 16.3. The van der Waals surface area contributed by atoms with Crippen molar-refractivity contribution in [1.29, 1.82) is 5.26 Å². The van der Waals surface area contributed by atoms with Crippen LogP contribution < -0.4 is 20.8 Å². The molecule has 1 amide bonds. The maximum Gasteiger partial charge on any atom is 0.240 e. The van der Waals surface area contributed by atoms with Crippen molar-refractivity contribution in [3.63, 3.8) is 0 Å². The molecule has 0 fully saturated rings. The van der Waals surface area contributed by atoms with E-state index in [9.17, 15) is 4.79 Å². The van der Waals surface area contributed by atoms with Gasteiger partial charge in [0.2, 0.25) is 18.1 Å². The van der Waals surface area contributed by atoms with Crippen LogP contribution in [0.4, 0.5) is 5.69 Å². The number of methoxy groups -OCH3 is 1. The quantitative estimate of drug-likeness (QED) is 0.413. The standard InChI is InChI=1S/C21H22N6O2/c1-14-11-19(28)26-27-20(14)16-5-7-17(8-6-16)25-21(24-13-22)23-12-15-3-9-18(29-2)10-4-15/h3-10,14H,11-12H2,1-2H3,(H,26,28)(H2,23,24,25). The van der Waals surface area contributed by atoms with Crippen molar-refractivity contribution >= 4 is 23.3 Å². The van der Waals surface area contributed by atoms with Crippen LogP contribution in [0, 0.1) is 17.4 Å². The molecule has 0 radical (unpaired) electrons. The summed E-state index contributed by atoms with van der Waals surface area (Å²) in [5, 5.41) is 19.3. The van der Waals surface area contributed by atoms with Gasteiger partial charge in [0.25, 0.3) is 0 Å². The molecular weight excluding hydrogens is 368 g/mol. The number of aliphatic imine (C=N–C) groups is 1. The Kier molecular flexibility index (Phi) is 6.43. The monoisotopic (exact) mass is 390 g/mol. The van der Waals surface area contributed by atoms with Crippen LogP contribution in [0.15, 0.2) is 58.6 Å². The summed E-state index contributed by atoms with van der Waals surface area (Å²) in [7, 11) is 1.62. The second-order valence-electron chi connectivity index (χ2n) is 6.60. The zero-order valence-electron chi connectivity index (χ0n) is 16.3. The number of benzene rings is 2. The fourth-order valence-corrected chi connectivity index (χ4v) is 2.95. The van der Waals surface area contributed by atoms with Crippen LogP contribution in [0.5, 0.6) is 5.75 Å². The van der Waals surface area contributed by atoms with Crippen LogP contribution in [-0.4, -0.2) is 24.7 Å². The molecule has 148 valence electrons. The zero-order chi connectivity index (χ0) is 20.6. The highest BCUT2D eigenvalue weighted by Gasteiger charge is 2.21. The first kappa shape index (κ1) is 19.9. The second-order valence-corrected chi connectivity index (χ2v) is 6.60. The number of carbonyl (C=O) groups excluding carboxylic acids is 1. The number of rotatable bonds is 5. The van der Waals surface area contributed by atoms with Gasteiger partial charge in [0.1, 0.15) is 5.75 Å². The topological polar surface area (TPSA) is 111 Å². The van der Waals surface area contributed by atoms with Crippen molar-refractivity contribution in [2.24, 2.45) is 16.0 Å². The number of guanidine groups is 1. The summed E-state index contributed by atoms with van der Waals surface area (Å²) in [4.78, 5) is 15.2. The Bertz CT molecular complexity index is 958.